The molecule has 0 unspecified atom stereocenters. The predicted molar refractivity (Wildman–Crippen MR) is 112 cm³/mol. The lowest BCUT2D eigenvalue weighted by atomic mass is 10.1. The maximum absolute atomic E-state index is 12.3. The molecule has 0 saturated carbocycles. The van der Waals surface area contributed by atoms with Crippen molar-refractivity contribution in [3.8, 4) is 0 Å². The first-order chi connectivity index (χ1) is 13.2. The zero-order valence-corrected chi connectivity index (χ0v) is 17.5. The number of hydrogen-bond acceptors (Lipinski definition) is 4. The fourth-order valence-corrected chi connectivity index (χ4v) is 3.61. The molecule has 28 heavy (non-hydrogen) atoms. The Morgan fingerprint density at radius 3 is 2.64 bits per heavy atom. The molecule has 1 N–H and O–H groups in total. The van der Waals surface area contributed by atoms with Crippen molar-refractivity contribution in [1.82, 2.24) is 14.8 Å². The zero-order chi connectivity index (χ0) is 20.5. The number of ether oxygens (including phenoxy) is 1. The third-order valence-corrected chi connectivity index (χ3v) is 5.17. The molecule has 152 valence electrons. The van der Waals surface area contributed by atoms with Crippen molar-refractivity contribution in [1.29, 1.82) is 0 Å². The Morgan fingerprint density at radius 2 is 2.00 bits per heavy atom. The number of benzene rings is 1. The molecule has 1 amide bonds. The van der Waals surface area contributed by atoms with Gasteiger partial charge in [0.15, 0.2) is 0 Å². The molecule has 6 nitrogen and oxygen atoms in total. The lowest BCUT2D eigenvalue weighted by Crippen LogP contribution is -2.54. The van der Waals surface area contributed by atoms with Gasteiger partial charge in [-0.1, -0.05) is 19.1 Å². The van der Waals surface area contributed by atoms with Crippen LogP contribution in [0.15, 0.2) is 29.1 Å². The van der Waals surface area contributed by atoms with Gasteiger partial charge < -0.3 is 14.6 Å². The van der Waals surface area contributed by atoms with E-state index in [0.717, 1.165) is 41.5 Å². The fraction of sp³-hybridized carbons (Fsp3) is 0.545. The number of nitrogens with zero attached hydrogens (tertiary/aromatic N) is 2. The minimum atomic E-state index is -0.475. The molecule has 1 atom stereocenters. The van der Waals surface area contributed by atoms with Gasteiger partial charge in [0.05, 0.1) is 0 Å². The Morgan fingerprint density at radius 1 is 1.25 bits per heavy atom. The number of fused-ring (bicyclic) bond motifs is 1. The molecule has 0 bridgehead atoms. The molecule has 2 heterocycles. The number of carbonyl (C=O) groups excluding carboxylic acids is 1. The number of H-pyrrole nitrogens is 1. The first-order valence-electron chi connectivity index (χ1n) is 10.0. The van der Waals surface area contributed by atoms with Gasteiger partial charge in [-0.3, -0.25) is 9.69 Å². The summed E-state index contributed by atoms with van der Waals surface area (Å²) in [7, 11) is 0. The number of aryl methyl sites for hydroxylation is 1. The van der Waals surface area contributed by atoms with Crippen LogP contribution in [0.1, 0.15) is 45.7 Å². The maximum atomic E-state index is 12.3. The van der Waals surface area contributed by atoms with Crippen molar-refractivity contribution in [3.05, 3.63) is 45.7 Å². The second-order valence-corrected chi connectivity index (χ2v) is 8.64. The molecular weight excluding hydrogens is 354 g/mol. The Labute approximate surface area is 166 Å². The molecule has 0 aliphatic carbocycles. The van der Waals surface area contributed by atoms with E-state index in [9.17, 15) is 9.59 Å². The molecule has 3 rings (SSSR count). The second-order valence-electron chi connectivity index (χ2n) is 8.64. The Balaban J connectivity index is 1.68. The highest BCUT2D eigenvalue weighted by atomic mass is 16.6. The van der Waals surface area contributed by atoms with Crippen LogP contribution in [0.3, 0.4) is 0 Å². The number of hydrogen-bond donors (Lipinski definition) is 1. The van der Waals surface area contributed by atoms with Gasteiger partial charge in [-0.2, -0.15) is 0 Å². The number of rotatable bonds is 3. The number of aromatic nitrogens is 1. The summed E-state index contributed by atoms with van der Waals surface area (Å²) in [4.78, 5) is 31.6. The number of nitrogens with one attached hydrogen (secondary N) is 1. The molecule has 1 aliphatic heterocycles. The minimum absolute atomic E-state index is 0.00788. The van der Waals surface area contributed by atoms with Gasteiger partial charge in [-0.05, 0) is 57.2 Å². The van der Waals surface area contributed by atoms with Gasteiger partial charge in [0.2, 0.25) is 0 Å². The normalized spacial score (nSPS) is 18.5. The Bertz CT molecular complexity index is 913. The monoisotopic (exact) mass is 385 g/mol. The molecule has 6 heteroatoms. The van der Waals surface area contributed by atoms with Crippen molar-refractivity contribution >= 4 is 17.0 Å². The number of pyridine rings is 1. The van der Waals surface area contributed by atoms with Gasteiger partial charge in [0, 0.05) is 43.3 Å². The van der Waals surface area contributed by atoms with Crippen molar-refractivity contribution in [2.24, 2.45) is 0 Å². The summed E-state index contributed by atoms with van der Waals surface area (Å²) in [6.45, 7) is 12.7. The van der Waals surface area contributed by atoms with Gasteiger partial charge in [0.25, 0.3) is 5.56 Å². The summed E-state index contributed by atoms with van der Waals surface area (Å²) in [6.07, 6.45) is 0.487. The van der Waals surface area contributed by atoms with E-state index in [-0.39, 0.29) is 17.7 Å². The van der Waals surface area contributed by atoms with Crippen LogP contribution in [0, 0.1) is 0 Å². The van der Waals surface area contributed by atoms with Crippen molar-refractivity contribution in [2.45, 2.75) is 59.2 Å². The van der Waals surface area contributed by atoms with E-state index in [0.29, 0.717) is 13.1 Å². The van der Waals surface area contributed by atoms with E-state index < -0.39 is 5.60 Å². The summed E-state index contributed by atoms with van der Waals surface area (Å²) in [5, 5.41) is 1.06. The van der Waals surface area contributed by atoms with E-state index in [2.05, 4.69) is 35.0 Å². The molecule has 1 aromatic heterocycles. The summed E-state index contributed by atoms with van der Waals surface area (Å²) >= 11 is 0. The molecule has 1 aliphatic rings. The molecule has 1 fully saturated rings. The average molecular weight is 386 g/mol. The molecule has 1 aromatic carbocycles. The average Bonchev–Trinajstić information content (AvgIpc) is 2.61. The highest BCUT2D eigenvalue weighted by Gasteiger charge is 2.29. The van der Waals surface area contributed by atoms with Crippen LogP contribution >= 0.6 is 0 Å². The summed E-state index contributed by atoms with van der Waals surface area (Å²) in [6, 6.07) is 8.45. The fourth-order valence-electron chi connectivity index (χ4n) is 3.61. The third-order valence-electron chi connectivity index (χ3n) is 5.17. The van der Waals surface area contributed by atoms with Crippen LogP contribution in [0.25, 0.3) is 10.9 Å². The highest BCUT2D eigenvalue weighted by Crippen LogP contribution is 2.19. The zero-order valence-electron chi connectivity index (χ0n) is 17.5. The van der Waals surface area contributed by atoms with Crippen LogP contribution in [0.4, 0.5) is 4.79 Å². The molecule has 0 radical (unpaired) electrons. The first kappa shape index (κ1) is 20.4. The van der Waals surface area contributed by atoms with Crippen molar-refractivity contribution < 1.29 is 9.53 Å². The van der Waals surface area contributed by atoms with Crippen molar-refractivity contribution in [2.75, 3.05) is 19.6 Å². The third kappa shape index (κ3) is 4.73. The Kier molecular flexibility index (Phi) is 5.79. The van der Waals surface area contributed by atoms with Crippen molar-refractivity contribution in [3.63, 3.8) is 0 Å². The quantitative estimate of drug-likeness (QED) is 0.878. The molecular formula is C22H31N3O3. The topological polar surface area (TPSA) is 65.6 Å². The van der Waals surface area contributed by atoms with Crippen LogP contribution in [-0.2, 0) is 17.7 Å². The van der Waals surface area contributed by atoms with E-state index >= 15 is 0 Å². The molecule has 1 saturated heterocycles. The lowest BCUT2D eigenvalue weighted by molar-refractivity contribution is 0.00462. The van der Waals surface area contributed by atoms with Gasteiger partial charge in [-0.25, -0.2) is 4.79 Å². The summed E-state index contributed by atoms with van der Waals surface area (Å²) in [5.41, 5.74) is 2.36. The highest BCUT2D eigenvalue weighted by molar-refractivity contribution is 5.79. The van der Waals surface area contributed by atoms with Gasteiger partial charge in [-0.15, -0.1) is 0 Å². The van der Waals surface area contributed by atoms with Crippen LogP contribution in [-0.4, -0.2) is 52.2 Å². The number of piperazine rings is 1. The van der Waals surface area contributed by atoms with E-state index in [4.69, 9.17) is 4.74 Å². The predicted octanol–water partition coefficient (Wildman–Crippen LogP) is 3.53. The standard InChI is InChI=1S/C22H31N3O3/c1-6-17-12-18-8-7-16(11-19(18)23-20(17)26)14-24-9-10-25(13-15(24)2)21(27)28-22(3,4)5/h7-8,11-12,15H,6,9-10,13-14H2,1-5H3,(H,23,26)/t15-/m0/s1. The second kappa shape index (κ2) is 7.95. The van der Waals surface area contributed by atoms with E-state index in [1.807, 2.05) is 33.8 Å². The van der Waals surface area contributed by atoms with Gasteiger partial charge >= 0.3 is 6.09 Å². The Hall–Kier alpha value is -2.34. The number of aromatic amines is 1. The smallest absolute Gasteiger partial charge is 0.410 e. The molecule has 2 aromatic rings. The van der Waals surface area contributed by atoms with E-state index in [1.54, 1.807) is 4.90 Å². The lowest BCUT2D eigenvalue weighted by Gasteiger charge is -2.40. The maximum Gasteiger partial charge on any atom is 0.410 e. The summed E-state index contributed by atoms with van der Waals surface area (Å²) in [5.74, 6) is 0. The molecule has 0 spiro atoms. The largest absolute Gasteiger partial charge is 0.444 e. The van der Waals surface area contributed by atoms with E-state index in [1.165, 1.54) is 0 Å². The number of amides is 1. The summed E-state index contributed by atoms with van der Waals surface area (Å²) < 4.78 is 5.49. The van der Waals surface area contributed by atoms with Crippen LogP contribution < -0.4 is 5.56 Å². The first-order valence-corrected chi connectivity index (χ1v) is 10.0. The number of carbonyl (C=O) groups is 1. The van der Waals surface area contributed by atoms with Crippen LogP contribution in [0.5, 0.6) is 0 Å². The SMILES string of the molecule is CCc1cc2ccc(CN3CCN(C(=O)OC(C)(C)C)C[C@@H]3C)cc2[nH]c1=O. The van der Waals surface area contributed by atoms with Gasteiger partial charge in [0.1, 0.15) is 5.60 Å². The minimum Gasteiger partial charge on any atom is -0.444 e. The van der Waals surface area contributed by atoms with Crippen LogP contribution in [0.2, 0.25) is 0 Å².